The number of aromatic amines is 1. The summed E-state index contributed by atoms with van der Waals surface area (Å²) in [7, 11) is 2.95. The quantitative estimate of drug-likeness (QED) is 0.337. The molecule has 0 spiro atoms. The third-order valence-electron chi connectivity index (χ3n) is 7.59. The number of methoxy groups -OCH3 is 2. The van der Waals surface area contributed by atoms with E-state index in [0.29, 0.717) is 24.3 Å². The highest BCUT2D eigenvalue weighted by Gasteiger charge is 2.55. The lowest BCUT2D eigenvalue weighted by molar-refractivity contribution is -0.0686. The molecule has 6 nitrogen and oxygen atoms in total. The number of nitrogens with one attached hydrogen (secondary N) is 1. The summed E-state index contributed by atoms with van der Waals surface area (Å²) >= 11 is 0. The molecule has 0 aromatic carbocycles. The molecule has 0 amide bonds. The zero-order valence-corrected chi connectivity index (χ0v) is 22.8. The second-order valence-corrected chi connectivity index (χ2v) is 10.2. The molecule has 5 atom stereocenters. The summed E-state index contributed by atoms with van der Waals surface area (Å²) in [5.41, 5.74) is 4.30. The van der Waals surface area contributed by atoms with Crippen molar-refractivity contribution in [3.8, 4) is 11.6 Å². The Balaban J connectivity index is 2.22. The van der Waals surface area contributed by atoms with E-state index in [4.69, 9.17) is 9.47 Å². The number of hydrogen-bond donors (Lipinski definition) is 3. The summed E-state index contributed by atoms with van der Waals surface area (Å²) in [5.74, 6) is 0.303. The van der Waals surface area contributed by atoms with Gasteiger partial charge in [-0.1, -0.05) is 54.0 Å². The minimum atomic E-state index is -1.18. The highest BCUT2D eigenvalue weighted by atomic mass is 16.5. The molecule has 1 saturated carbocycles. The molecule has 1 fully saturated rings. The van der Waals surface area contributed by atoms with Gasteiger partial charge in [0.1, 0.15) is 0 Å². The zero-order chi connectivity index (χ0) is 26.7. The summed E-state index contributed by atoms with van der Waals surface area (Å²) in [4.78, 5) is 15.7. The number of H-pyrrole nitrogens is 1. The van der Waals surface area contributed by atoms with Gasteiger partial charge in [-0.25, -0.2) is 0 Å². The van der Waals surface area contributed by atoms with E-state index in [1.54, 1.807) is 13.8 Å². The van der Waals surface area contributed by atoms with Crippen LogP contribution in [0.3, 0.4) is 0 Å². The third-order valence-corrected chi connectivity index (χ3v) is 7.59. The molecule has 194 valence electrons. The monoisotopic (exact) mass is 485 g/mol. The van der Waals surface area contributed by atoms with Crippen molar-refractivity contribution in [3.05, 3.63) is 68.6 Å². The van der Waals surface area contributed by atoms with Crippen molar-refractivity contribution in [3.63, 3.8) is 0 Å². The van der Waals surface area contributed by atoms with E-state index in [1.165, 1.54) is 14.2 Å². The van der Waals surface area contributed by atoms with E-state index in [0.717, 1.165) is 28.0 Å². The fourth-order valence-corrected chi connectivity index (χ4v) is 5.59. The first kappa shape index (κ1) is 28.7. The molecule has 1 heterocycles. The number of rotatable bonds is 9. The molecule has 0 saturated heterocycles. The summed E-state index contributed by atoms with van der Waals surface area (Å²) in [6.07, 6.45) is 6.63. The average Bonchev–Trinajstić information content (AvgIpc) is 2.98. The number of ether oxygens (including phenoxy) is 2. The van der Waals surface area contributed by atoms with Gasteiger partial charge in [-0.05, 0) is 59.8 Å². The van der Waals surface area contributed by atoms with E-state index in [9.17, 15) is 15.0 Å². The molecule has 0 aliphatic heterocycles. The van der Waals surface area contributed by atoms with Crippen LogP contribution in [0.4, 0.5) is 0 Å². The summed E-state index contributed by atoms with van der Waals surface area (Å²) in [6.45, 7) is 17.9. The van der Waals surface area contributed by atoms with Gasteiger partial charge in [0.25, 0.3) is 0 Å². The van der Waals surface area contributed by atoms with Gasteiger partial charge in [-0.3, -0.25) is 4.79 Å². The summed E-state index contributed by atoms with van der Waals surface area (Å²) < 4.78 is 10.5. The number of allylic oxidation sites excluding steroid dienone is 6. The molecule has 2 rings (SSSR count). The highest BCUT2D eigenvalue weighted by Crippen LogP contribution is 2.50. The Morgan fingerprint density at radius 3 is 2.37 bits per heavy atom. The molecule has 1 aromatic heterocycles. The van der Waals surface area contributed by atoms with Gasteiger partial charge in [0.15, 0.2) is 0 Å². The first-order valence-corrected chi connectivity index (χ1v) is 12.2. The van der Waals surface area contributed by atoms with Gasteiger partial charge in [0, 0.05) is 23.6 Å². The van der Waals surface area contributed by atoms with Crippen molar-refractivity contribution >= 4 is 0 Å². The number of aliphatic hydroxyl groups excluding tert-OH is 1. The first-order valence-electron chi connectivity index (χ1n) is 12.2. The van der Waals surface area contributed by atoms with Crippen molar-refractivity contribution in [2.75, 3.05) is 14.2 Å². The van der Waals surface area contributed by atoms with Crippen molar-refractivity contribution in [1.29, 1.82) is 0 Å². The Hall–Kier alpha value is -2.57. The van der Waals surface area contributed by atoms with Gasteiger partial charge >= 0.3 is 0 Å². The summed E-state index contributed by atoms with van der Waals surface area (Å²) in [5, 5.41) is 21.8. The largest absolute Gasteiger partial charge is 0.488 e. The topological polar surface area (TPSA) is 91.8 Å². The molecule has 3 N–H and O–H groups in total. The Labute approximate surface area is 210 Å². The lowest BCUT2D eigenvalue weighted by Crippen LogP contribution is -2.42. The van der Waals surface area contributed by atoms with Gasteiger partial charge in [-0.15, -0.1) is 0 Å². The molecule has 1 aromatic rings. The van der Waals surface area contributed by atoms with E-state index < -0.39 is 11.7 Å². The van der Waals surface area contributed by atoms with Gasteiger partial charge in [-0.2, -0.15) is 0 Å². The van der Waals surface area contributed by atoms with E-state index in [2.05, 4.69) is 30.6 Å². The fraction of sp³-hybridized carbons (Fsp3) is 0.552. The smallest absolute Gasteiger partial charge is 0.238 e. The maximum atomic E-state index is 12.6. The second kappa shape index (κ2) is 11.4. The average molecular weight is 486 g/mol. The van der Waals surface area contributed by atoms with Crippen LogP contribution in [0.1, 0.15) is 59.2 Å². The fourth-order valence-electron chi connectivity index (χ4n) is 5.59. The van der Waals surface area contributed by atoms with Crippen LogP contribution in [0.2, 0.25) is 0 Å². The molecular weight excluding hydrogens is 442 g/mol. The second-order valence-electron chi connectivity index (χ2n) is 10.2. The standard InChI is InChI=1S/C29H43NO5/c1-11-18(4)24-23(21(7)27(32)29(24,8)33)19(5)15-17(3)14-16(2)12-13-22-20(6)25(31)26(34-9)28(30-22)35-10/h11-12,15,21,23-24,27,32-33H,3,13-14H2,1-2,4-10H3,(H,30,31)/b16-12+,18-11+,19-15+/t21-,23-,24-,27+,29-/m0/s1. The zero-order valence-electron chi connectivity index (χ0n) is 22.8. The van der Waals surface area contributed by atoms with Crippen LogP contribution >= 0.6 is 0 Å². The number of aliphatic hydroxyl groups is 2. The van der Waals surface area contributed by atoms with Crippen LogP contribution in [-0.4, -0.2) is 41.1 Å². The van der Waals surface area contributed by atoms with Crippen LogP contribution in [0.25, 0.3) is 0 Å². The molecule has 35 heavy (non-hydrogen) atoms. The predicted octanol–water partition coefficient (Wildman–Crippen LogP) is 5.04. The van der Waals surface area contributed by atoms with Crippen molar-refractivity contribution in [1.82, 2.24) is 4.98 Å². The molecule has 0 bridgehead atoms. The predicted molar refractivity (Wildman–Crippen MR) is 142 cm³/mol. The lowest BCUT2D eigenvalue weighted by Gasteiger charge is -2.32. The van der Waals surface area contributed by atoms with Gasteiger partial charge in [0.05, 0.1) is 25.9 Å². The Morgan fingerprint density at radius 2 is 1.83 bits per heavy atom. The molecule has 0 unspecified atom stereocenters. The minimum absolute atomic E-state index is 0.0247. The Kier molecular flexibility index (Phi) is 9.37. The van der Waals surface area contributed by atoms with Crippen molar-refractivity contribution in [2.45, 2.75) is 73.0 Å². The molecule has 1 aliphatic carbocycles. The molecular formula is C29H43NO5. The third kappa shape index (κ3) is 5.81. The van der Waals surface area contributed by atoms with Crippen molar-refractivity contribution < 1.29 is 19.7 Å². The van der Waals surface area contributed by atoms with Crippen LogP contribution < -0.4 is 14.9 Å². The normalized spacial score (nSPS) is 27.8. The van der Waals surface area contributed by atoms with Crippen LogP contribution in [0.5, 0.6) is 11.6 Å². The lowest BCUT2D eigenvalue weighted by atomic mass is 9.76. The SMILES string of the molecule is C=C(/C=C(\C)[C@H]1[C@H](C)[C@@H](O)[C@@](C)(O)[C@H]1/C(C)=C/C)C/C(C)=C/Cc1[nH]c(OC)c(OC)c(=O)c1C. The van der Waals surface area contributed by atoms with E-state index in [1.807, 2.05) is 33.8 Å². The van der Waals surface area contributed by atoms with Crippen LogP contribution in [0.15, 0.2) is 51.9 Å². The van der Waals surface area contributed by atoms with Crippen LogP contribution in [-0.2, 0) is 6.42 Å². The Bertz CT molecular complexity index is 1090. The molecule has 6 heteroatoms. The highest BCUT2D eigenvalue weighted by molar-refractivity contribution is 5.40. The minimum Gasteiger partial charge on any atom is -0.488 e. The summed E-state index contributed by atoms with van der Waals surface area (Å²) in [6, 6.07) is 0. The number of hydrogen-bond acceptors (Lipinski definition) is 5. The van der Waals surface area contributed by atoms with Crippen LogP contribution in [0, 0.1) is 24.7 Å². The maximum Gasteiger partial charge on any atom is 0.238 e. The number of pyridine rings is 1. The first-order chi connectivity index (χ1) is 16.3. The van der Waals surface area contributed by atoms with Gasteiger partial charge < -0.3 is 24.7 Å². The van der Waals surface area contributed by atoms with E-state index >= 15 is 0 Å². The maximum absolute atomic E-state index is 12.6. The van der Waals surface area contributed by atoms with E-state index in [-0.39, 0.29) is 28.9 Å². The molecule has 1 aliphatic rings. The molecule has 0 radical (unpaired) electrons. The van der Waals surface area contributed by atoms with Crippen molar-refractivity contribution in [2.24, 2.45) is 17.8 Å². The Morgan fingerprint density at radius 1 is 1.20 bits per heavy atom. The van der Waals surface area contributed by atoms with Gasteiger partial charge in [0.2, 0.25) is 17.1 Å². The number of aromatic nitrogens is 1.